The molecule has 5 nitrogen and oxygen atoms in total. The van der Waals surface area contributed by atoms with Gasteiger partial charge in [-0.05, 0) is 16.7 Å². The maximum absolute atomic E-state index is 10.8. The molecule has 164 valence electrons. The van der Waals surface area contributed by atoms with Gasteiger partial charge in [-0.25, -0.2) is 0 Å². The highest BCUT2D eigenvalue weighted by atomic mass is 16.6. The molecule has 0 amide bonds. The minimum absolute atomic E-state index is 0.0690. The van der Waals surface area contributed by atoms with Gasteiger partial charge in [0.25, 0.3) is 0 Å². The molecule has 0 aromatic heterocycles. The van der Waals surface area contributed by atoms with Crippen LogP contribution in [0.15, 0.2) is 91.0 Å². The standard InChI is InChI=1S/C26H30O5/c27-16-25(30-18-22-12-6-2-7-13-22)26(31-19-23-14-8-3-9-15-23)24(28)20-29-17-21-10-4-1-5-11-21/h1-15,24-28H,16-20H2/t24?,25-,26+/m1/s1. The molecule has 0 saturated heterocycles. The number of hydrogen-bond acceptors (Lipinski definition) is 5. The SMILES string of the molecule is OC[C@@H](OCc1ccccc1)[C@@H](OCc1ccccc1)C(O)COCc1ccccc1. The molecule has 1 unspecified atom stereocenters. The summed E-state index contributed by atoms with van der Waals surface area (Å²) >= 11 is 0. The van der Waals surface area contributed by atoms with E-state index in [0.29, 0.717) is 19.8 Å². The molecular weight excluding hydrogens is 392 g/mol. The van der Waals surface area contributed by atoms with Crippen LogP contribution in [-0.2, 0) is 34.0 Å². The molecule has 2 N–H and O–H groups in total. The highest BCUT2D eigenvalue weighted by molar-refractivity contribution is 5.15. The predicted molar refractivity (Wildman–Crippen MR) is 119 cm³/mol. The van der Waals surface area contributed by atoms with Crippen LogP contribution in [0.25, 0.3) is 0 Å². The van der Waals surface area contributed by atoms with Crippen molar-refractivity contribution in [1.82, 2.24) is 0 Å². The molecular formula is C26H30O5. The van der Waals surface area contributed by atoms with Gasteiger partial charge in [0, 0.05) is 0 Å². The second kappa shape index (κ2) is 13.0. The quantitative estimate of drug-likeness (QED) is 0.439. The fourth-order valence-corrected chi connectivity index (χ4v) is 3.23. The lowest BCUT2D eigenvalue weighted by molar-refractivity contribution is -0.157. The van der Waals surface area contributed by atoms with E-state index in [2.05, 4.69) is 0 Å². The minimum Gasteiger partial charge on any atom is -0.394 e. The Balaban J connectivity index is 1.61. The fraction of sp³-hybridized carbons (Fsp3) is 0.308. The van der Waals surface area contributed by atoms with Crippen molar-refractivity contribution in [2.45, 2.75) is 38.1 Å². The normalized spacial score (nSPS) is 14.1. The lowest BCUT2D eigenvalue weighted by atomic mass is 10.1. The smallest absolute Gasteiger partial charge is 0.114 e. The molecule has 0 bridgehead atoms. The summed E-state index contributed by atoms with van der Waals surface area (Å²) in [5, 5.41) is 20.8. The molecule has 0 spiro atoms. The van der Waals surface area contributed by atoms with Gasteiger partial charge in [-0.2, -0.15) is 0 Å². The summed E-state index contributed by atoms with van der Waals surface area (Å²) in [4.78, 5) is 0. The first-order chi connectivity index (χ1) is 15.3. The topological polar surface area (TPSA) is 68.2 Å². The number of ether oxygens (including phenoxy) is 3. The highest BCUT2D eigenvalue weighted by Gasteiger charge is 2.30. The molecule has 0 radical (unpaired) electrons. The van der Waals surface area contributed by atoms with Gasteiger partial charge >= 0.3 is 0 Å². The molecule has 31 heavy (non-hydrogen) atoms. The van der Waals surface area contributed by atoms with Crippen LogP contribution in [0.4, 0.5) is 0 Å². The summed E-state index contributed by atoms with van der Waals surface area (Å²) in [6.07, 6.45) is -2.40. The Morgan fingerprint density at radius 1 is 0.613 bits per heavy atom. The van der Waals surface area contributed by atoms with E-state index >= 15 is 0 Å². The number of aliphatic hydroxyl groups is 2. The van der Waals surface area contributed by atoms with E-state index in [9.17, 15) is 10.2 Å². The van der Waals surface area contributed by atoms with Crippen molar-refractivity contribution < 1.29 is 24.4 Å². The molecule has 3 atom stereocenters. The van der Waals surface area contributed by atoms with Gasteiger partial charge in [0.05, 0.1) is 33.0 Å². The Kier molecular flexibility index (Phi) is 9.70. The molecule has 3 aromatic carbocycles. The molecule has 3 rings (SSSR count). The Hall–Kier alpha value is -2.54. The van der Waals surface area contributed by atoms with Crippen molar-refractivity contribution in [1.29, 1.82) is 0 Å². The van der Waals surface area contributed by atoms with Gasteiger partial charge in [0.15, 0.2) is 0 Å². The van der Waals surface area contributed by atoms with Gasteiger partial charge in [-0.3, -0.25) is 0 Å². The Morgan fingerprint density at radius 2 is 1.06 bits per heavy atom. The van der Waals surface area contributed by atoms with Crippen molar-refractivity contribution in [2.24, 2.45) is 0 Å². The van der Waals surface area contributed by atoms with Crippen LogP contribution in [0.1, 0.15) is 16.7 Å². The Bertz CT molecular complexity index is 841. The summed E-state index contributed by atoms with van der Waals surface area (Å²) in [5.41, 5.74) is 2.98. The van der Waals surface area contributed by atoms with E-state index in [1.807, 2.05) is 91.0 Å². The van der Waals surface area contributed by atoms with E-state index in [0.717, 1.165) is 16.7 Å². The zero-order chi connectivity index (χ0) is 21.7. The van der Waals surface area contributed by atoms with Crippen molar-refractivity contribution in [2.75, 3.05) is 13.2 Å². The number of aliphatic hydroxyl groups excluding tert-OH is 2. The number of benzene rings is 3. The number of hydrogen-bond donors (Lipinski definition) is 2. The second-order valence-corrected chi connectivity index (χ2v) is 7.35. The van der Waals surface area contributed by atoms with Crippen LogP contribution < -0.4 is 0 Å². The summed E-state index contributed by atoms with van der Waals surface area (Å²) in [5.74, 6) is 0. The van der Waals surface area contributed by atoms with E-state index in [-0.39, 0.29) is 13.2 Å². The van der Waals surface area contributed by atoms with Gasteiger partial charge < -0.3 is 24.4 Å². The third kappa shape index (κ3) is 7.90. The van der Waals surface area contributed by atoms with Gasteiger partial charge in [0.1, 0.15) is 18.3 Å². The largest absolute Gasteiger partial charge is 0.394 e. The zero-order valence-electron chi connectivity index (χ0n) is 17.5. The van der Waals surface area contributed by atoms with Crippen LogP contribution in [0.2, 0.25) is 0 Å². The third-order valence-electron chi connectivity index (χ3n) is 4.92. The van der Waals surface area contributed by atoms with E-state index in [1.54, 1.807) is 0 Å². The van der Waals surface area contributed by atoms with Crippen LogP contribution in [-0.4, -0.2) is 41.7 Å². The molecule has 0 aliphatic carbocycles. The highest BCUT2D eigenvalue weighted by Crippen LogP contribution is 2.16. The Labute approximate surface area is 183 Å². The van der Waals surface area contributed by atoms with Crippen LogP contribution >= 0.6 is 0 Å². The predicted octanol–water partition coefficient (Wildman–Crippen LogP) is 3.73. The van der Waals surface area contributed by atoms with Gasteiger partial charge in [-0.15, -0.1) is 0 Å². The van der Waals surface area contributed by atoms with Crippen molar-refractivity contribution in [3.8, 4) is 0 Å². The summed E-state index contributed by atoms with van der Waals surface area (Å²) in [6.45, 7) is 0.793. The molecule has 3 aromatic rings. The minimum atomic E-state index is -0.958. The van der Waals surface area contributed by atoms with Gasteiger partial charge in [-0.1, -0.05) is 91.0 Å². The van der Waals surface area contributed by atoms with Crippen LogP contribution in [0.5, 0.6) is 0 Å². The first kappa shape index (κ1) is 23.1. The van der Waals surface area contributed by atoms with Gasteiger partial charge in [0.2, 0.25) is 0 Å². The van der Waals surface area contributed by atoms with Crippen LogP contribution in [0.3, 0.4) is 0 Å². The fourth-order valence-electron chi connectivity index (χ4n) is 3.23. The van der Waals surface area contributed by atoms with E-state index in [1.165, 1.54) is 0 Å². The Morgan fingerprint density at radius 3 is 1.55 bits per heavy atom. The second-order valence-electron chi connectivity index (χ2n) is 7.35. The summed E-state index contributed by atoms with van der Waals surface area (Å²) < 4.78 is 17.6. The maximum atomic E-state index is 10.8. The summed E-state index contributed by atoms with van der Waals surface area (Å²) in [6, 6.07) is 29.2. The molecule has 5 heteroatoms. The van der Waals surface area contributed by atoms with Crippen molar-refractivity contribution in [3.05, 3.63) is 108 Å². The van der Waals surface area contributed by atoms with Crippen molar-refractivity contribution >= 4 is 0 Å². The molecule has 0 aliphatic heterocycles. The first-order valence-corrected chi connectivity index (χ1v) is 10.5. The first-order valence-electron chi connectivity index (χ1n) is 10.5. The molecule has 0 aliphatic rings. The van der Waals surface area contributed by atoms with Crippen LogP contribution in [0, 0.1) is 0 Å². The molecule has 0 fully saturated rings. The lowest BCUT2D eigenvalue weighted by Crippen LogP contribution is -2.45. The van der Waals surface area contributed by atoms with E-state index in [4.69, 9.17) is 14.2 Å². The molecule has 0 saturated carbocycles. The number of rotatable bonds is 13. The zero-order valence-corrected chi connectivity index (χ0v) is 17.5. The lowest BCUT2D eigenvalue weighted by Gasteiger charge is -2.30. The maximum Gasteiger partial charge on any atom is 0.114 e. The average molecular weight is 423 g/mol. The average Bonchev–Trinajstić information content (AvgIpc) is 2.83. The van der Waals surface area contributed by atoms with Crippen molar-refractivity contribution in [3.63, 3.8) is 0 Å². The molecule has 0 heterocycles. The monoisotopic (exact) mass is 422 g/mol. The summed E-state index contributed by atoms with van der Waals surface area (Å²) in [7, 11) is 0. The van der Waals surface area contributed by atoms with E-state index < -0.39 is 18.3 Å². The third-order valence-corrected chi connectivity index (χ3v) is 4.92.